The van der Waals surface area contributed by atoms with Gasteiger partial charge >= 0.3 is 5.97 Å². The van der Waals surface area contributed by atoms with Gasteiger partial charge < -0.3 is 4.74 Å². The lowest BCUT2D eigenvalue weighted by Crippen LogP contribution is -2.09. The lowest BCUT2D eigenvalue weighted by atomic mass is 10.0. The first-order valence-corrected chi connectivity index (χ1v) is 5.58. The molecule has 1 rings (SSSR count). The number of hydrogen-bond acceptors (Lipinski definition) is 3. The van der Waals surface area contributed by atoms with Crippen LogP contribution in [0.3, 0.4) is 0 Å². The molecule has 0 aliphatic heterocycles. The summed E-state index contributed by atoms with van der Waals surface area (Å²) < 4.78 is 4.87. The molecule has 0 saturated heterocycles. The Kier molecular flexibility index (Phi) is 4.89. The molecule has 0 unspecified atom stereocenters. The maximum Gasteiger partial charge on any atom is 0.348 e. The molecule has 0 heterocycles. The number of carbonyl (C=O) groups excluding carboxylic acids is 1. The van der Waals surface area contributed by atoms with Gasteiger partial charge in [0.25, 0.3) is 0 Å². The molecule has 1 saturated carbocycles. The van der Waals surface area contributed by atoms with Gasteiger partial charge in [-0.3, -0.25) is 0 Å². The molecule has 0 N–H and O–H groups in total. The molecule has 1 aliphatic carbocycles. The van der Waals surface area contributed by atoms with E-state index < -0.39 is 5.97 Å². The standard InChI is InChI=1S/C12H17NO2/c1-2-15-12(14)11(9-13)10-7-5-3-4-6-8-10/h2-8H2,1H3. The van der Waals surface area contributed by atoms with E-state index in [-0.39, 0.29) is 5.57 Å². The second kappa shape index (κ2) is 6.23. The van der Waals surface area contributed by atoms with Crippen LogP contribution in [-0.2, 0) is 9.53 Å². The van der Waals surface area contributed by atoms with Gasteiger partial charge in [-0.25, -0.2) is 4.79 Å². The first kappa shape index (κ1) is 11.8. The first-order chi connectivity index (χ1) is 7.29. The molecular formula is C12H17NO2. The zero-order chi connectivity index (χ0) is 11.1. The Labute approximate surface area is 90.7 Å². The predicted octanol–water partition coefficient (Wildman–Crippen LogP) is 2.72. The van der Waals surface area contributed by atoms with Gasteiger partial charge in [-0.1, -0.05) is 12.8 Å². The summed E-state index contributed by atoms with van der Waals surface area (Å²) in [5, 5.41) is 8.96. The molecular weight excluding hydrogens is 190 g/mol. The van der Waals surface area contributed by atoms with Gasteiger partial charge in [-0.05, 0) is 38.2 Å². The molecule has 0 bridgehead atoms. The van der Waals surface area contributed by atoms with Crippen LogP contribution in [0, 0.1) is 11.3 Å². The summed E-state index contributed by atoms with van der Waals surface area (Å²) in [7, 11) is 0. The molecule has 0 aromatic rings. The van der Waals surface area contributed by atoms with Crippen LogP contribution in [0.25, 0.3) is 0 Å². The van der Waals surface area contributed by atoms with Gasteiger partial charge in [0, 0.05) is 0 Å². The monoisotopic (exact) mass is 207 g/mol. The smallest absolute Gasteiger partial charge is 0.348 e. The van der Waals surface area contributed by atoms with Crippen molar-refractivity contribution in [2.24, 2.45) is 0 Å². The minimum atomic E-state index is -0.447. The third kappa shape index (κ3) is 3.39. The number of nitriles is 1. The van der Waals surface area contributed by atoms with Crippen molar-refractivity contribution >= 4 is 5.97 Å². The average Bonchev–Trinajstić information content (AvgIpc) is 2.48. The third-order valence-electron chi connectivity index (χ3n) is 2.65. The highest BCUT2D eigenvalue weighted by Crippen LogP contribution is 2.25. The van der Waals surface area contributed by atoms with Crippen LogP contribution >= 0.6 is 0 Å². The summed E-state index contributed by atoms with van der Waals surface area (Å²) in [6, 6.07) is 1.99. The lowest BCUT2D eigenvalue weighted by Gasteiger charge is -2.06. The topological polar surface area (TPSA) is 50.1 Å². The van der Waals surface area contributed by atoms with E-state index in [4.69, 9.17) is 10.00 Å². The number of ether oxygens (including phenoxy) is 1. The summed E-state index contributed by atoms with van der Waals surface area (Å²) in [5.74, 6) is -0.447. The Bertz CT molecular complexity index is 289. The van der Waals surface area contributed by atoms with E-state index in [0.29, 0.717) is 6.61 Å². The summed E-state index contributed by atoms with van der Waals surface area (Å²) in [4.78, 5) is 11.5. The van der Waals surface area contributed by atoms with E-state index in [0.717, 1.165) is 31.3 Å². The fourth-order valence-corrected chi connectivity index (χ4v) is 1.88. The Morgan fingerprint density at radius 2 is 1.93 bits per heavy atom. The lowest BCUT2D eigenvalue weighted by molar-refractivity contribution is -0.138. The quantitative estimate of drug-likeness (QED) is 0.303. The van der Waals surface area contributed by atoms with Crippen LogP contribution in [0.1, 0.15) is 45.4 Å². The number of nitrogens with zero attached hydrogens (tertiary/aromatic N) is 1. The van der Waals surface area contributed by atoms with Crippen LogP contribution in [-0.4, -0.2) is 12.6 Å². The Balaban J connectivity index is 2.81. The van der Waals surface area contributed by atoms with Crippen molar-refractivity contribution in [1.82, 2.24) is 0 Å². The molecule has 0 amide bonds. The summed E-state index contributed by atoms with van der Waals surface area (Å²) >= 11 is 0. The Hall–Kier alpha value is -1.30. The van der Waals surface area contributed by atoms with E-state index >= 15 is 0 Å². The number of carbonyl (C=O) groups is 1. The van der Waals surface area contributed by atoms with Crippen molar-refractivity contribution in [2.45, 2.75) is 45.4 Å². The highest BCUT2D eigenvalue weighted by atomic mass is 16.5. The SMILES string of the molecule is CCOC(=O)C(C#N)=C1CCCCCC1. The van der Waals surface area contributed by atoms with Gasteiger partial charge in [0.1, 0.15) is 11.6 Å². The van der Waals surface area contributed by atoms with E-state index in [1.807, 2.05) is 6.07 Å². The van der Waals surface area contributed by atoms with Crippen molar-refractivity contribution in [3.63, 3.8) is 0 Å². The second-order valence-electron chi connectivity index (χ2n) is 3.73. The molecule has 3 nitrogen and oxygen atoms in total. The molecule has 3 heteroatoms. The number of esters is 1. The van der Waals surface area contributed by atoms with Crippen LogP contribution < -0.4 is 0 Å². The fourth-order valence-electron chi connectivity index (χ4n) is 1.88. The van der Waals surface area contributed by atoms with Crippen molar-refractivity contribution in [2.75, 3.05) is 6.61 Å². The van der Waals surface area contributed by atoms with Crippen molar-refractivity contribution in [3.8, 4) is 6.07 Å². The van der Waals surface area contributed by atoms with Gasteiger partial charge in [0.2, 0.25) is 0 Å². The zero-order valence-electron chi connectivity index (χ0n) is 9.21. The van der Waals surface area contributed by atoms with Crippen molar-refractivity contribution < 1.29 is 9.53 Å². The van der Waals surface area contributed by atoms with Crippen molar-refractivity contribution in [1.29, 1.82) is 5.26 Å². The highest BCUT2D eigenvalue weighted by molar-refractivity contribution is 5.93. The van der Waals surface area contributed by atoms with Crippen LogP contribution in [0.4, 0.5) is 0 Å². The largest absolute Gasteiger partial charge is 0.462 e. The number of allylic oxidation sites excluding steroid dienone is 1. The maximum atomic E-state index is 11.5. The molecule has 0 spiro atoms. The predicted molar refractivity (Wildman–Crippen MR) is 57.0 cm³/mol. The van der Waals surface area contributed by atoms with Gasteiger partial charge in [-0.15, -0.1) is 0 Å². The van der Waals surface area contributed by atoms with Crippen molar-refractivity contribution in [3.05, 3.63) is 11.1 Å². The molecule has 1 fully saturated rings. The summed E-state index contributed by atoms with van der Waals surface area (Å²) in [6.45, 7) is 2.09. The minimum Gasteiger partial charge on any atom is -0.462 e. The normalized spacial score (nSPS) is 16.4. The highest BCUT2D eigenvalue weighted by Gasteiger charge is 2.17. The number of hydrogen-bond donors (Lipinski definition) is 0. The van der Waals surface area contributed by atoms with E-state index in [1.165, 1.54) is 12.8 Å². The minimum absolute atomic E-state index is 0.249. The van der Waals surface area contributed by atoms with Gasteiger partial charge in [0.05, 0.1) is 6.61 Å². The Morgan fingerprint density at radius 1 is 1.33 bits per heavy atom. The zero-order valence-corrected chi connectivity index (χ0v) is 9.21. The molecule has 15 heavy (non-hydrogen) atoms. The Morgan fingerprint density at radius 3 is 2.40 bits per heavy atom. The van der Waals surface area contributed by atoms with E-state index in [9.17, 15) is 4.79 Å². The van der Waals surface area contributed by atoms with E-state index in [2.05, 4.69) is 0 Å². The first-order valence-electron chi connectivity index (χ1n) is 5.58. The second-order valence-corrected chi connectivity index (χ2v) is 3.73. The molecule has 0 radical (unpaired) electrons. The fraction of sp³-hybridized carbons (Fsp3) is 0.667. The molecule has 1 aliphatic rings. The maximum absolute atomic E-state index is 11.5. The number of rotatable bonds is 2. The molecule has 0 aromatic carbocycles. The van der Waals surface area contributed by atoms with Gasteiger partial charge in [0.15, 0.2) is 0 Å². The van der Waals surface area contributed by atoms with Crippen LogP contribution in [0.2, 0.25) is 0 Å². The average molecular weight is 207 g/mol. The molecule has 82 valence electrons. The summed E-state index contributed by atoms with van der Waals surface area (Å²) in [5.41, 5.74) is 1.24. The van der Waals surface area contributed by atoms with Gasteiger partial charge in [-0.2, -0.15) is 5.26 Å². The summed E-state index contributed by atoms with van der Waals surface area (Å²) in [6.07, 6.45) is 6.32. The molecule has 0 aromatic heterocycles. The molecule has 0 atom stereocenters. The van der Waals surface area contributed by atoms with Crippen LogP contribution in [0.15, 0.2) is 11.1 Å². The third-order valence-corrected chi connectivity index (χ3v) is 2.65. The van der Waals surface area contributed by atoms with Crippen LogP contribution in [0.5, 0.6) is 0 Å². The van der Waals surface area contributed by atoms with E-state index in [1.54, 1.807) is 6.92 Å².